The van der Waals surface area contributed by atoms with Crippen molar-refractivity contribution in [1.29, 1.82) is 0 Å². The Balaban J connectivity index is 2.38. The molecule has 2 aromatic carbocycles. The molecule has 0 amide bonds. The summed E-state index contributed by atoms with van der Waals surface area (Å²) < 4.78 is 27.5. The monoisotopic (exact) mass is 293 g/mol. The topological polar surface area (TPSA) is 95.9 Å². The van der Waals surface area contributed by atoms with Gasteiger partial charge in [-0.2, -0.15) is 0 Å². The molecule has 20 heavy (non-hydrogen) atoms. The second-order valence-electron chi connectivity index (χ2n) is 3.78. The summed E-state index contributed by atoms with van der Waals surface area (Å²) in [4.78, 5) is 11.0. The molecule has 7 heteroatoms. The van der Waals surface area contributed by atoms with Crippen molar-refractivity contribution in [1.82, 2.24) is 0 Å². The van der Waals surface area contributed by atoms with Crippen LogP contribution in [0.25, 0.3) is 0 Å². The van der Waals surface area contributed by atoms with E-state index in [-0.39, 0.29) is 17.0 Å². The van der Waals surface area contributed by atoms with E-state index in [1.54, 1.807) is 24.3 Å². The summed E-state index contributed by atoms with van der Waals surface area (Å²) in [6, 6.07) is 12.7. The molecule has 0 aromatic heterocycles. The van der Waals surface area contributed by atoms with Crippen LogP contribution >= 0.6 is 0 Å². The maximum atomic E-state index is 11.0. The van der Waals surface area contributed by atoms with Gasteiger partial charge in [-0.25, -0.2) is 9.00 Å². The number of nitrogens with one attached hydrogen (secondary N) is 1. The Hall–Kier alpha value is -2.38. The number of anilines is 1. The molecule has 0 bridgehead atoms. The number of aromatic carboxylic acids is 1. The van der Waals surface area contributed by atoms with Crippen molar-refractivity contribution in [2.45, 2.75) is 0 Å². The normalized spacial score (nSPS) is 11.7. The Kier molecular flexibility index (Phi) is 4.34. The molecule has 0 aliphatic rings. The fourth-order valence-corrected chi connectivity index (χ4v) is 1.89. The highest BCUT2D eigenvalue weighted by Gasteiger charge is 2.11. The van der Waals surface area contributed by atoms with Crippen molar-refractivity contribution in [2.75, 3.05) is 4.72 Å². The van der Waals surface area contributed by atoms with Crippen molar-refractivity contribution < 1.29 is 23.4 Å². The molecule has 3 N–H and O–H groups in total. The molecule has 104 valence electrons. The third-order valence-corrected chi connectivity index (χ3v) is 2.79. The van der Waals surface area contributed by atoms with Gasteiger partial charge in [0.05, 0.1) is 11.3 Å². The van der Waals surface area contributed by atoms with Crippen LogP contribution in [-0.2, 0) is 11.3 Å². The summed E-state index contributed by atoms with van der Waals surface area (Å²) in [5.74, 6) is -0.472. The van der Waals surface area contributed by atoms with Gasteiger partial charge in [-0.15, -0.1) is 0 Å². The Labute approximate surface area is 117 Å². The van der Waals surface area contributed by atoms with Crippen LogP contribution in [0.4, 0.5) is 5.69 Å². The Bertz CT molecular complexity index is 644. The maximum absolute atomic E-state index is 11.0. The summed E-state index contributed by atoms with van der Waals surface area (Å²) in [6.07, 6.45) is 0. The highest BCUT2D eigenvalue weighted by molar-refractivity contribution is 7.80. The molecular weight excluding hydrogens is 282 g/mol. The Morgan fingerprint density at radius 3 is 2.45 bits per heavy atom. The largest absolute Gasteiger partial charge is 0.478 e. The van der Waals surface area contributed by atoms with Gasteiger partial charge in [0.25, 0.3) is 11.3 Å². The number of carboxylic acids is 1. The number of para-hydroxylation sites is 1. The SMILES string of the molecule is O=C(O)c1ccc(NS(=O)O)c(Oc2ccccc2)c1. The molecule has 0 heterocycles. The lowest BCUT2D eigenvalue weighted by Crippen LogP contribution is -2.05. The summed E-state index contributed by atoms with van der Waals surface area (Å²) in [5, 5.41) is 8.96. The van der Waals surface area contributed by atoms with E-state index >= 15 is 0 Å². The average Bonchev–Trinajstić information content (AvgIpc) is 2.41. The van der Waals surface area contributed by atoms with E-state index in [9.17, 15) is 9.00 Å². The lowest BCUT2D eigenvalue weighted by atomic mass is 10.2. The third-order valence-electron chi connectivity index (χ3n) is 2.40. The lowest BCUT2D eigenvalue weighted by Gasteiger charge is -2.11. The molecule has 6 nitrogen and oxygen atoms in total. The second-order valence-corrected chi connectivity index (χ2v) is 4.48. The first-order valence-corrected chi connectivity index (χ1v) is 6.64. The standard InChI is InChI=1S/C13H11NO5S/c15-13(16)9-6-7-11(14-20(17)18)12(8-9)19-10-4-2-1-3-5-10/h1-8,14H,(H,15,16)(H,17,18). The van der Waals surface area contributed by atoms with Crippen LogP contribution in [0.5, 0.6) is 11.5 Å². The first kappa shape index (κ1) is 14.0. The van der Waals surface area contributed by atoms with Crippen molar-refractivity contribution in [2.24, 2.45) is 0 Å². The van der Waals surface area contributed by atoms with E-state index in [1.165, 1.54) is 18.2 Å². The van der Waals surface area contributed by atoms with E-state index < -0.39 is 17.2 Å². The van der Waals surface area contributed by atoms with Gasteiger partial charge in [0.15, 0.2) is 5.75 Å². The van der Waals surface area contributed by atoms with Crippen LogP contribution < -0.4 is 9.46 Å². The first-order valence-electron chi connectivity index (χ1n) is 5.54. The van der Waals surface area contributed by atoms with E-state index in [2.05, 4.69) is 4.72 Å². The van der Waals surface area contributed by atoms with Crippen molar-refractivity contribution in [3.63, 3.8) is 0 Å². The smallest absolute Gasteiger partial charge is 0.335 e. The van der Waals surface area contributed by atoms with Crippen LogP contribution in [0.2, 0.25) is 0 Å². The van der Waals surface area contributed by atoms with E-state index in [4.69, 9.17) is 14.4 Å². The molecule has 1 unspecified atom stereocenters. The zero-order valence-electron chi connectivity index (χ0n) is 10.1. The maximum Gasteiger partial charge on any atom is 0.335 e. The minimum absolute atomic E-state index is 0.0187. The van der Waals surface area contributed by atoms with Crippen LogP contribution in [-0.4, -0.2) is 19.8 Å². The van der Waals surface area contributed by atoms with Gasteiger partial charge in [0.1, 0.15) is 5.75 Å². The highest BCUT2D eigenvalue weighted by Crippen LogP contribution is 2.30. The molecule has 0 radical (unpaired) electrons. The van der Waals surface area contributed by atoms with Crippen LogP contribution in [0.3, 0.4) is 0 Å². The van der Waals surface area contributed by atoms with E-state index in [0.717, 1.165) is 0 Å². The van der Waals surface area contributed by atoms with Gasteiger partial charge >= 0.3 is 5.97 Å². The molecule has 2 aromatic rings. The van der Waals surface area contributed by atoms with Gasteiger partial charge in [-0.3, -0.25) is 9.27 Å². The van der Waals surface area contributed by atoms with Gasteiger partial charge in [-0.05, 0) is 30.3 Å². The fourth-order valence-electron chi connectivity index (χ4n) is 1.53. The van der Waals surface area contributed by atoms with Gasteiger partial charge in [0.2, 0.25) is 0 Å². The third kappa shape index (κ3) is 3.56. The molecule has 0 aliphatic carbocycles. The minimum atomic E-state index is -2.28. The van der Waals surface area contributed by atoms with E-state index in [0.29, 0.717) is 5.75 Å². The van der Waals surface area contributed by atoms with Gasteiger partial charge in [-0.1, -0.05) is 18.2 Å². The van der Waals surface area contributed by atoms with Gasteiger partial charge < -0.3 is 9.84 Å². The van der Waals surface area contributed by atoms with Crippen LogP contribution in [0.15, 0.2) is 48.5 Å². The van der Waals surface area contributed by atoms with Gasteiger partial charge in [0, 0.05) is 0 Å². The van der Waals surface area contributed by atoms with Crippen molar-refractivity contribution >= 4 is 22.9 Å². The molecule has 0 saturated heterocycles. The molecule has 2 rings (SSSR count). The van der Waals surface area contributed by atoms with Crippen molar-refractivity contribution in [3.05, 3.63) is 54.1 Å². The average molecular weight is 293 g/mol. The second kappa shape index (κ2) is 6.18. The number of carboxylic acid groups (broad SMARTS) is 1. The zero-order valence-corrected chi connectivity index (χ0v) is 11.0. The fraction of sp³-hybridized carbons (Fsp3) is 0. The van der Waals surface area contributed by atoms with Crippen LogP contribution in [0, 0.1) is 0 Å². The van der Waals surface area contributed by atoms with E-state index in [1.807, 2.05) is 6.07 Å². The number of hydrogen-bond donors (Lipinski definition) is 3. The lowest BCUT2D eigenvalue weighted by molar-refractivity contribution is 0.0696. The molecule has 0 fully saturated rings. The number of ether oxygens (including phenoxy) is 1. The molecule has 0 spiro atoms. The Morgan fingerprint density at radius 1 is 1.15 bits per heavy atom. The quantitative estimate of drug-likeness (QED) is 0.737. The number of rotatable bonds is 5. The summed E-state index contributed by atoms with van der Waals surface area (Å²) in [5.41, 5.74) is 0.241. The first-order chi connectivity index (χ1) is 9.56. The predicted octanol–water partition coefficient (Wildman–Crippen LogP) is 2.73. The molecular formula is C13H11NO5S. The predicted molar refractivity (Wildman–Crippen MR) is 74.3 cm³/mol. The summed E-state index contributed by atoms with van der Waals surface area (Å²) in [7, 11) is 0. The molecule has 0 aliphatic heterocycles. The Morgan fingerprint density at radius 2 is 1.85 bits per heavy atom. The number of hydrogen-bond acceptors (Lipinski definition) is 3. The zero-order chi connectivity index (χ0) is 14.5. The van der Waals surface area contributed by atoms with Crippen LogP contribution in [0.1, 0.15) is 10.4 Å². The minimum Gasteiger partial charge on any atom is -0.478 e. The van der Waals surface area contributed by atoms with Crippen molar-refractivity contribution in [3.8, 4) is 11.5 Å². The molecule has 0 saturated carbocycles. The number of carbonyl (C=O) groups is 1. The summed E-state index contributed by atoms with van der Waals surface area (Å²) >= 11 is -2.28. The molecule has 1 atom stereocenters. The number of benzene rings is 2. The highest BCUT2D eigenvalue weighted by atomic mass is 32.2. The summed E-state index contributed by atoms with van der Waals surface area (Å²) in [6.45, 7) is 0.